The van der Waals surface area contributed by atoms with Crippen molar-refractivity contribution < 1.29 is 4.79 Å². The van der Waals surface area contributed by atoms with Crippen LogP contribution in [0.3, 0.4) is 0 Å². The number of amides is 1. The molecule has 25 heavy (non-hydrogen) atoms. The molecule has 7 heteroatoms. The molecule has 0 fully saturated rings. The molecule has 0 radical (unpaired) electrons. The molecule has 4 rings (SSSR count). The maximum absolute atomic E-state index is 12.7. The van der Waals surface area contributed by atoms with E-state index in [0.29, 0.717) is 12.2 Å². The summed E-state index contributed by atoms with van der Waals surface area (Å²) in [5, 5.41) is 15.1. The summed E-state index contributed by atoms with van der Waals surface area (Å²) in [6.07, 6.45) is 3.63. The number of nitrogens with one attached hydrogen (secondary N) is 2. The number of rotatable bonds is 5. The molecule has 1 atom stereocenters. The number of carbonyl (C=O) groups is 1. The molecule has 7 nitrogen and oxygen atoms in total. The minimum Gasteiger partial charge on any atom is -0.342 e. The first-order valence-corrected chi connectivity index (χ1v) is 8.40. The third kappa shape index (κ3) is 3.46. The number of hydrogen-bond acceptors (Lipinski definition) is 4. The topological polar surface area (TPSA) is 76.8 Å². The van der Waals surface area contributed by atoms with Gasteiger partial charge in [-0.3, -0.25) is 14.2 Å². The highest BCUT2D eigenvalue weighted by atomic mass is 16.2. The lowest BCUT2D eigenvalue weighted by molar-refractivity contribution is 0.0926. The summed E-state index contributed by atoms with van der Waals surface area (Å²) in [7, 11) is 0. The second-order valence-corrected chi connectivity index (χ2v) is 6.09. The van der Waals surface area contributed by atoms with E-state index in [1.54, 1.807) is 6.20 Å². The van der Waals surface area contributed by atoms with E-state index in [4.69, 9.17) is 0 Å². The van der Waals surface area contributed by atoms with Crippen LogP contribution in [0.2, 0.25) is 0 Å². The molecule has 3 aromatic rings. The van der Waals surface area contributed by atoms with Gasteiger partial charge in [0.1, 0.15) is 0 Å². The Labute approximate surface area is 145 Å². The highest BCUT2D eigenvalue weighted by Crippen LogP contribution is 2.16. The fourth-order valence-corrected chi connectivity index (χ4v) is 3.05. The summed E-state index contributed by atoms with van der Waals surface area (Å²) in [6.45, 7) is 2.98. The van der Waals surface area contributed by atoms with E-state index in [1.165, 1.54) is 0 Å². The molecule has 0 unspecified atom stereocenters. The van der Waals surface area contributed by atoms with E-state index in [1.807, 2.05) is 58.0 Å². The van der Waals surface area contributed by atoms with Crippen molar-refractivity contribution in [2.75, 3.05) is 6.54 Å². The Morgan fingerprint density at radius 1 is 1.28 bits per heavy atom. The first-order valence-electron chi connectivity index (χ1n) is 8.40. The molecule has 1 aliphatic heterocycles. The van der Waals surface area contributed by atoms with Crippen LogP contribution in [0.5, 0.6) is 0 Å². The zero-order valence-corrected chi connectivity index (χ0v) is 13.8. The smallest absolute Gasteiger partial charge is 0.272 e. The Morgan fingerprint density at radius 3 is 2.92 bits per heavy atom. The molecular weight excluding hydrogens is 316 g/mol. The van der Waals surface area contributed by atoms with Gasteiger partial charge in [0.2, 0.25) is 0 Å². The predicted molar refractivity (Wildman–Crippen MR) is 92.8 cm³/mol. The Bertz CT molecular complexity index is 816. The van der Waals surface area contributed by atoms with Gasteiger partial charge >= 0.3 is 0 Å². The first-order chi connectivity index (χ1) is 12.3. The molecule has 2 aromatic heterocycles. The van der Waals surface area contributed by atoms with Gasteiger partial charge in [0.05, 0.1) is 24.8 Å². The lowest BCUT2D eigenvalue weighted by atomic mass is 10.1. The second-order valence-electron chi connectivity index (χ2n) is 6.09. The van der Waals surface area contributed by atoms with Crippen molar-refractivity contribution in [3.63, 3.8) is 0 Å². The molecule has 1 aromatic carbocycles. The average molecular weight is 336 g/mol. The van der Waals surface area contributed by atoms with Crippen molar-refractivity contribution in [2.45, 2.75) is 25.7 Å². The number of carbonyl (C=O) groups excluding carboxylic acids is 1. The van der Waals surface area contributed by atoms with Crippen molar-refractivity contribution >= 4 is 5.91 Å². The minimum atomic E-state index is -0.176. The van der Waals surface area contributed by atoms with Crippen molar-refractivity contribution in [1.29, 1.82) is 0 Å². The Balaban J connectivity index is 1.55. The van der Waals surface area contributed by atoms with Crippen LogP contribution in [0, 0.1) is 0 Å². The standard InChI is InChI=1S/C18H20N6O/c25-18(16-11-15-12-19-8-10-24(15)22-16)21-17(13-23-9-4-7-20-23)14-5-2-1-3-6-14/h1-7,9,11,17,19H,8,10,12-13H2,(H,21,25)/t17-/m0/s1. The van der Waals surface area contributed by atoms with Crippen LogP contribution >= 0.6 is 0 Å². The number of nitrogens with zero attached hydrogens (tertiary/aromatic N) is 4. The molecule has 3 heterocycles. The minimum absolute atomic E-state index is 0.164. The summed E-state index contributed by atoms with van der Waals surface area (Å²) in [5.41, 5.74) is 2.54. The molecule has 0 saturated carbocycles. The molecule has 1 aliphatic rings. The van der Waals surface area contributed by atoms with Crippen LogP contribution in [0.25, 0.3) is 0 Å². The van der Waals surface area contributed by atoms with Gasteiger partial charge in [0.15, 0.2) is 5.69 Å². The van der Waals surface area contributed by atoms with Gasteiger partial charge in [-0.15, -0.1) is 0 Å². The van der Waals surface area contributed by atoms with Crippen LogP contribution in [-0.4, -0.2) is 32.0 Å². The summed E-state index contributed by atoms with van der Waals surface area (Å²) in [6, 6.07) is 13.5. The normalized spacial score (nSPS) is 14.7. The monoisotopic (exact) mass is 336 g/mol. The van der Waals surface area contributed by atoms with E-state index < -0.39 is 0 Å². The number of benzene rings is 1. The van der Waals surface area contributed by atoms with Gasteiger partial charge in [-0.05, 0) is 17.7 Å². The van der Waals surface area contributed by atoms with E-state index in [-0.39, 0.29) is 11.9 Å². The van der Waals surface area contributed by atoms with E-state index in [2.05, 4.69) is 20.8 Å². The van der Waals surface area contributed by atoms with E-state index in [0.717, 1.165) is 30.9 Å². The fourth-order valence-electron chi connectivity index (χ4n) is 3.05. The van der Waals surface area contributed by atoms with Gasteiger partial charge in [-0.25, -0.2) is 0 Å². The molecule has 0 spiro atoms. The number of hydrogen-bond donors (Lipinski definition) is 2. The summed E-state index contributed by atoms with van der Waals surface area (Å²) in [5.74, 6) is -0.164. The van der Waals surface area contributed by atoms with Crippen LogP contribution in [0.1, 0.15) is 27.8 Å². The first kappa shape index (κ1) is 15.6. The third-order valence-electron chi connectivity index (χ3n) is 4.34. The van der Waals surface area contributed by atoms with Gasteiger partial charge in [0, 0.05) is 25.5 Å². The molecule has 128 valence electrons. The van der Waals surface area contributed by atoms with Crippen LogP contribution in [-0.2, 0) is 19.6 Å². The second kappa shape index (κ2) is 6.90. The average Bonchev–Trinajstić information content (AvgIpc) is 3.31. The molecule has 0 saturated heterocycles. The zero-order chi connectivity index (χ0) is 17.1. The van der Waals surface area contributed by atoms with Crippen molar-refractivity contribution in [3.8, 4) is 0 Å². The predicted octanol–water partition coefficient (Wildman–Crippen LogP) is 1.35. The molecule has 1 amide bonds. The third-order valence-corrected chi connectivity index (χ3v) is 4.34. The van der Waals surface area contributed by atoms with Gasteiger partial charge in [0.25, 0.3) is 5.91 Å². The van der Waals surface area contributed by atoms with Crippen LogP contribution < -0.4 is 10.6 Å². The van der Waals surface area contributed by atoms with Crippen LogP contribution in [0.4, 0.5) is 0 Å². The van der Waals surface area contributed by atoms with Gasteiger partial charge in [-0.2, -0.15) is 10.2 Å². The van der Waals surface area contributed by atoms with E-state index in [9.17, 15) is 4.79 Å². The number of fused-ring (bicyclic) bond motifs is 1. The van der Waals surface area contributed by atoms with Gasteiger partial charge < -0.3 is 10.6 Å². The Morgan fingerprint density at radius 2 is 2.16 bits per heavy atom. The summed E-state index contributed by atoms with van der Waals surface area (Å²) >= 11 is 0. The maximum Gasteiger partial charge on any atom is 0.272 e. The SMILES string of the molecule is O=C(N[C@@H](Cn1cccn1)c1ccccc1)c1cc2n(n1)CCNC2. The van der Waals surface area contributed by atoms with Crippen molar-refractivity contribution in [1.82, 2.24) is 30.2 Å². The van der Waals surface area contributed by atoms with Crippen molar-refractivity contribution in [2.24, 2.45) is 0 Å². The molecular formula is C18H20N6O. The van der Waals surface area contributed by atoms with Gasteiger partial charge in [-0.1, -0.05) is 30.3 Å². The highest BCUT2D eigenvalue weighted by Gasteiger charge is 2.20. The molecule has 0 aliphatic carbocycles. The maximum atomic E-state index is 12.7. The molecule has 0 bridgehead atoms. The lowest BCUT2D eigenvalue weighted by Gasteiger charge is -2.19. The summed E-state index contributed by atoms with van der Waals surface area (Å²) in [4.78, 5) is 12.7. The Kier molecular flexibility index (Phi) is 4.30. The number of aromatic nitrogens is 4. The highest BCUT2D eigenvalue weighted by molar-refractivity contribution is 5.92. The largest absolute Gasteiger partial charge is 0.342 e. The molecule has 2 N–H and O–H groups in total. The van der Waals surface area contributed by atoms with Crippen molar-refractivity contribution in [3.05, 3.63) is 71.8 Å². The zero-order valence-electron chi connectivity index (χ0n) is 13.8. The summed E-state index contributed by atoms with van der Waals surface area (Å²) < 4.78 is 3.72. The quantitative estimate of drug-likeness (QED) is 0.737. The van der Waals surface area contributed by atoms with Crippen LogP contribution in [0.15, 0.2) is 54.9 Å². The van der Waals surface area contributed by atoms with E-state index >= 15 is 0 Å². The Hall–Kier alpha value is -2.93. The fraction of sp³-hybridized carbons (Fsp3) is 0.278. The lowest BCUT2D eigenvalue weighted by Crippen LogP contribution is -2.32.